The van der Waals surface area contributed by atoms with Gasteiger partial charge in [0.05, 0.1) is 32.4 Å². The van der Waals surface area contributed by atoms with Crippen LogP contribution in [0.25, 0.3) is 0 Å². The van der Waals surface area contributed by atoms with Gasteiger partial charge in [-0.25, -0.2) is 0 Å². The van der Waals surface area contributed by atoms with Gasteiger partial charge >= 0.3 is 0 Å². The Hall–Kier alpha value is -1.19. The molecule has 1 aromatic rings. The van der Waals surface area contributed by atoms with Crippen LogP contribution in [0.3, 0.4) is 0 Å². The highest BCUT2D eigenvalue weighted by Crippen LogP contribution is 2.26. The van der Waals surface area contributed by atoms with Gasteiger partial charge in [0.1, 0.15) is 0 Å². The molecule has 1 atom stereocenters. The molecule has 0 spiro atoms. The standard InChI is InChI=1S/C22H39N5O2S/c1-3-23-22(24-17-19-6-8-26(9-7-19)10-13-28-2)25-18-20(21-5-4-16-30-21)27-11-14-29-15-12-27/h4-5,16,19-20H,3,6-15,17-18H2,1-2H3,(H2,23,24,25). The second-order valence-electron chi connectivity index (χ2n) is 8.06. The van der Waals surface area contributed by atoms with Gasteiger partial charge in [0.2, 0.25) is 0 Å². The Labute approximate surface area is 185 Å². The molecule has 0 radical (unpaired) electrons. The first-order chi connectivity index (χ1) is 14.8. The first-order valence-electron chi connectivity index (χ1n) is 11.4. The molecule has 2 N–H and O–H groups in total. The number of hydrogen-bond donors (Lipinski definition) is 2. The van der Waals surface area contributed by atoms with E-state index in [2.05, 4.69) is 44.9 Å². The summed E-state index contributed by atoms with van der Waals surface area (Å²) in [5.41, 5.74) is 0. The van der Waals surface area contributed by atoms with Crippen LogP contribution in [0.15, 0.2) is 22.5 Å². The highest BCUT2D eigenvalue weighted by molar-refractivity contribution is 7.10. The first-order valence-corrected chi connectivity index (χ1v) is 12.3. The van der Waals surface area contributed by atoms with Gasteiger partial charge in [-0.2, -0.15) is 0 Å². The summed E-state index contributed by atoms with van der Waals surface area (Å²) in [6, 6.07) is 4.70. The summed E-state index contributed by atoms with van der Waals surface area (Å²) >= 11 is 1.83. The minimum Gasteiger partial charge on any atom is -0.383 e. The molecule has 8 heteroatoms. The van der Waals surface area contributed by atoms with E-state index in [1.807, 2.05) is 11.3 Å². The van der Waals surface area contributed by atoms with E-state index in [0.29, 0.717) is 12.0 Å². The summed E-state index contributed by atoms with van der Waals surface area (Å²) in [6.07, 6.45) is 2.48. The Balaban J connectivity index is 1.51. The van der Waals surface area contributed by atoms with Crippen LogP contribution in [-0.2, 0) is 9.47 Å². The van der Waals surface area contributed by atoms with Gasteiger partial charge in [-0.1, -0.05) is 6.07 Å². The molecular formula is C22H39N5O2S. The summed E-state index contributed by atoms with van der Waals surface area (Å²) < 4.78 is 10.8. The molecule has 2 saturated heterocycles. The van der Waals surface area contributed by atoms with E-state index in [4.69, 9.17) is 14.5 Å². The average molecular weight is 438 g/mol. The van der Waals surface area contributed by atoms with Gasteiger partial charge in [0.25, 0.3) is 0 Å². The molecule has 1 unspecified atom stereocenters. The molecule has 0 bridgehead atoms. The molecule has 2 fully saturated rings. The molecule has 3 heterocycles. The molecule has 0 aromatic carbocycles. The number of likely N-dealkylation sites (tertiary alicyclic amines) is 1. The number of piperidine rings is 1. The van der Waals surface area contributed by atoms with E-state index in [1.165, 1.54) is 30.8 Å². The molecule has 170 valence electrons. The number of thiophene rings is 1. The van der Waals surface area contributed by atoms with Crippen molar-refractivity contribution in [3.8, 4) is 0 Å². The lowest BCUT2D eigenvalue weighted by molar-refractivity contribution is 0.0186. The number of aliphatic imine (C=N–C) groups is 1. The van der Waals surface area contributed by atoms with E-state index >= 15 is 0 Å². The van der Waals surface area contributed by atoms with Crippen LogP contribution in [0.4, 0.5) is 0 Å². The SMILES string of the molecule is CCNC(=NCC(c1cccs1)N1CCOCC1)NCC1CCN(CCOC)CC1. The van der Waals surface area contributed by atoms with Crippen LogP contribution in [0.5, 0.6) is 0 Å². The van der Waals surface area contributed by atoms with Crippen molar-refractivity contribution >= 4 is 17.3 Å². The maximum absolute atomic E-state index is 5.56. The van der Waals surface area contributed by atoms with Crippen molar-refractivity contribution in [3.05, 3.63) is 22.4 Å². The Kier molecular flexibility index (Phi) is 10.4. The van der Waals surface area contributed by atoms with Gasteiger partial charge in [-0.05, 0) is 50.2 Å². The highest BCUT2D eigenvalue weighted by atomic mass is 32.1. The van der Waals surface area contributed by atoms with E-state index in [9.17, 15) is 0 Å². The third-order valence-electron chi connectivity index (χ3n) is 6.00. The van der Waals surface area contributed by atoms with Crippen molar-refractivity contribution in [1.29, 1.82) is 0 Å². The fourth-order valence-electron chi connectivity index (χ4n) is 4.15. The summed E-state index contributed by atoms with van der Waals surface area (Å²) in [5.74, 6) is 1.65. The zero-order chi connectivity index (χ0) is 21.0. The minimum atomic E-state index is 0.327. The lowest BCUT2D eigenvalue weighted by atomic mass is 9.97. The first kappa shape index (κ1) is 23.5. The van der Waals surface area contributed by atoms with Crippen LogP contribution in [0.1, 0.15) is 30.7 Å². The van der Waals surface area contributed by atoms with E-state index < -0.39 is 0 Å². The molecule has 0 aliphatic carbocycles. The summed E-state index contributed by atoms with van der Waals surface area (Å²) in [4.78, 5) is 11.4. The number of guanidine groups is 1. The topological polar surface area (TPSA) is 61.4 Å². The van der Waals surface area contributed by atoms with Gasteiger partial charge in [-0.3, -0.25) is 9.89 Å². The fraction of sp³-hybridized carbons (Fsp3) is 0.773. The fourth-order valence-corrected chi connectivity index (χ4v) is 5.00. The lowest BCUT2D eigenvalue weighted by Crippen LogP contribution is -2.44. The number of rotatable bonds is 10. The average Bonchev–Trinajstić information content (AvgIpc) is 3.32. The second-order valence-corrected chi connectivity index (χ2v) is 9.04. The zero-order valence-corrected chi connectivity index (χ0v) is 19.5. The van der Waals surface area contributed by atoms with Crippen molar-refractivity contribution in [2.24, 2.45) is 10.9 Å². The molecular weight excluding hydrogens is 398 g/mol. The quantitative estimate of drug-likeness (QED) is 0.432. The summed E-state index contributed by atoms with van der Waals surface area (Å²) in [7, 11) is 1.78. The monoisotopic (exact) mass is 437 g/mol. The largest absolute Gasteiger partial charge is 0.383 e. The van der Waals surface area contributed by atoms with Crippen LogP contribution >= 0.6 is 11.3 Å². The molecule has 7 nitrogen and oxygen atoms in total. The predicted molar refractivity (Wildman–Crippen MR) is 124 cm³/mol. The van der Waals surface area contributed by atoms with Gasteiger partial charge in [0.15, 0.2) is 5.96 Å². The van der Waals surface area contributed by atoms with Crippen LogP contribution in [0.2, 0.25) is 0 Å². The highest BCUT2D eigenvalue weighted by Gasteiger charge is 2.24. The number of morpholine rings is 1. The lowest BCUT2D eigenvalue weighted by Gasteiger charge is -2.33. The Morgan fingerprint density at radius 2 is 2.07 bits per heavy atom. The number of nitrogens with zero attached hydrogens (tertiary/aromatic N) is 3. The van der Waals surface area contributed by atoms with Gasteiger partial charge in [-0.15, -0.1) is 11.3 Å². The number of nitrogens with one attached hydrogen (secondary N) is 2. The zero-order valence-electron chi connectivity index (χ0n) is 18.6. The van der Waals surface area contributed by atoms with E-state index in [0.717, 1.165) is 65.0 Å². The summed E-state index contributed by atoms with van der Waals surface area (Å²) in [5, 5.41) is 9.20. The van der Waals surface area contributed by atoms with Crippen molar-refractivity contribution in [2.75, 3.05) is 79.3 Å². The molecule has 1 aromatic heterocycles. The maximum atomic E-state index is 5.56. The number of methoxy groups -OCH3 is 1. The Morgan fingerprint density at radius 1 is 1.27 bits per heavy atom. The summed E-state index contributed by atoms with van der Waals surface area (Å²) in [6.45, 7) is 12.6. The van der Waals surface area contributed by atoms with Crippen LogP contribution < -0.4 is 10.6 Å². The van der Waals surface area contributed by atoms with Crippen molar-refractivity contribution < 1.29 is 9.47 Å². The molecule has 2 aliphatic rings. The van der Waals surface area contributed by atoms with Crippen molar-refractivity contribution in [2.45, 2.75) is 25.8 Å². The van der Waals surface area contributed by atoms with Crippen LogP contribution in [-0.4, -0.2) is 95.0 Å². The van der Waals surface area contributed by atoms with Crippen LogP contribution in [0, 0.1) is 5.92 Å². The Morgan fingerprint density at radius 3 is 2.73 bits per heavy atom. The Bertz CT molecular complexity index is 599. The van der Waals surface area contributed by atoms with E-state index in [1.54, 1.807) is 7.11 Å². The third-order valence-corrected chi connectivity index (χ3v) is 6.98. The normalized spacial score (nSPS) is 20.9. The van der Waals surface area contributed by atoms with E-state index in [-0.39, 0.29) is 0 Å². The van der Waals surface area contributed by atoms with Gasteiger partial charge < -0.3 is 25.0 Å². The van der Waals surface area contributed by atoms with Gasteiger partial charge in [0, 0.05) is 44.7 Å². The van der Waals surface area contributed by atoms with Crippen molar-refractivity contribution in [1.82, 2.24) is 20.4 Å². The molecule has 30 heavy (non-hydrogen) atoms. The number of hydrogen-bond acceptors (Lipinski definition) is 6. The molecule has 0 saturated carbocycles. The third kappa shape index (κ3) is 7.50. The molecule has 2 aliphatic heterocycles. The maximum Gasteiger partial charge on any atom is 0.191 e. The molecule has 0 amide bonds. The number of ether oxygens (including phenoxy) is 2. The minimum absolute atomic E-state index is 0.327. The second kappa shape index (κ2) is 13.3. The van der Waals surface area contributed by atoms with Crippen molar-refractivity contribution in [3.63, 3.8) is 0 Å². The molecule has 3 rings (SSSR count). The predicted octanol–water partition coefficient (Wildman–Crippen LogP) is 2.03. The smallest absolute Gasteiger partial charge is 0.191 e.